The first-order chi connectivity index (χ1) is 8.30. The van der Waals surface area contributed by atoms with E-state index < -0.39 is 0 Å². The van der Waals surface area contributed by atoms with E-state index in [1.165, 1.54) is 71.0 Å². The summed E-state index contributed by atoms with van der Waals surface area (Å²) in [4.78, 5) is 2.81. The van der Waals surface area contributed by atoms with E-state index in [4.69, 9.17) is 0 Å². The average Bonchev–Trinajstić information content (AvgIpc) is 2.78. The summed E-state index contributed by atoms with van der Waals surface area (Å²) >= 11 is 4.66. The van der Waals surface area contributed by atoms with Crippen LogP contribution in [0.3, 0.4) is 0 Å². The van der Waals surface area contributed by atoms with Crippen molar-refractivity contribution in [2.75, 3.05) is 25.4 Å². The molecule has 2 saturated carbocycles. The highest BCUT2D eigenvalue weighted by molar-refractivity contribution is 7.80. The van der Waals surface area contributed by atoms with Gasteiger partial charge in [-0.15, -0.1) is 0 Å². The van der Waals surface area contributed by atoms with Crippen LogP contribution in [0.4, 0.5) is 0 Å². The predicted molar refractivity (Wildman–Crippen MR) is 76.6 cm³/mol. The maximum atomic E-state index is 4.66. The molecule has 0 aromatic heterocycles. The van der Waals surface area contributed by atoms with Gasteiger partial charge in [-0.2, -0.15) is 12.6 Å². The molecule has 2 bridgehead atoms. The fraction of sp³-hybridized carbons (Fsp3) is 1.00. The number of rotatable bonds is 3. The highest BCUT2D eigenvalue weighted by atomic mass is 32.1. The van der Waals surface area contributed by atoms with E-state index >= 15 is 0 Å². The summed E-state index contributed by atoms with van der Waals surface area (Å²) in [5, 5.41) is 0. The minimum absolute atomic E-state index is 0.578. The van der Waals surface area contributed by atoms with Crippen LogP contribution in [0.5, 0.6) is 0 Å². The summed E-state index contributed by atoms with van der Waals surface area (Å²) in [7, 11) is 0. The van der Waals surface area contributed by atoms with Crippen LogP contribution in [0.1, 0.15) is 51.4 Å². The van der Waals surface area contributed by atoms with Crippen LogP contribution in [0, 0.1) is 17.3 Å². The fourth-order valence-electron chi connectivity index (χ4n) is 4.63. The third kappa shape index (κ3) is 2.68. The van der Waals surface area contributed by atoms with Gasteiger partial charge in [0.05, 0.1) is 0 Å². The van der Waals surface area contributed by atoms with E-state index in [-0.39, 0.29) is 0 Å². The predicted octanol–water partition coefficient (Wildman–Crippen LogP) is 3.60. The van der Waals surface area contributed by atoms with Crippen molar-refractivity contribution in [1.82, 2.24) is 4.90 Å². The van der Waals surface area contributed by atoms with Crippen molar-refractivity contribution in [2.24, 2.45) is 17.3 Å². The molecule has 1 saturated heterocycles. The van der Waals surface area contributed by atoms with E-state index in [0.717, 1.165) is 17.6 Å². The molecule has 1 aliphatic heterocycles. The summed E-state index contributed by atoms with van der Waals surface area (Å²) in [6.07, 6.45) is 11.8. The van der Waals surface area contributed by atoms with Crippen LogP contribution >= 0.6 is 12.6 Å². The highest BCUT2D eigenvalue weighted by Crippen LogP contribution is 2.42. The van der Waals surface area contributed by atoms with Crippen molar-refractivity contribution in [3.05, 3.63) is 0 Å². The molecular weight excluding hydrogens is 226 g/mol. The molecule has 3 fully saturated rings. The quantitative estimate of drug-likeness (QED) is 0.752. The Morgan fingerprint density at radius 3 is 2.24 bits per heavy atom. The molecule has 1 nitrogen and oxygen atoms in total. The minimum Gasteiger partial charge on any atom is -0.302 e. The lowest BCUT2D eigenvalue weighted by molar-refractivity contribution is 0.0557. The molecule has 2 heteroatoms. The summed E-state index contributed by atoms with van der Waals surface area (Å²) in [6, 6.07) is 0. The summed E-state index contributed by atoms with van der Waals surface area (Å²) in [5.74, 6) is 3.17. The number of piperidine rings is 1. The van der Waals surface area contributed by atoms with Crippen LogP contribution in [0.15, 0.2) is 0 Å². The Bertz CT molecular complexity index is 248. The Labute approximate surface area is 112 Å². The first-order valence-electron chi connectivity index (χ1n) is 7.63. The molecule has 2 unspecified atom stereocenters. The fourth-order valence-corrected chi connectivity index (χ4v) is 5.05. The van der Waals surface area contributed by atoms with Gasteiger partial charge < -0.3 is 4.90 Å². The molecular formula is C15H27NS. The maximum Gasteiger partial charge on any atom is 0.00460 e. The molecule has 0 radical (unpaired) electrons. The second-order valence-corrected chi connectivity index (χ2v) is 7.27. The monoisotopic (exact) mass is 253 g/mol. The highest BCUT2D eigenvalue weighted by Gasteiger charge is 2.37. The Balaban J connectivity index is 1.61. The lowest BCUT2D eigenvalue weighted by Crippen LogP contribution is -2.47. The molecule has 98 valence electrons. The van der Waals surface area contributed by atoms with Gasteiger partial charge in [0.25, 0.3) is 0 Å². The number of likely N-dealkylation sites (tertiary alicyclic amines) is 1. The normalized spacial score (nSPS) is 37.2. The minimum atomic E-state index is 0.578. The van der Waals surface area contributed by atoms with Gasteiger partial charge in [0.15, 0.2) is 0 Å². The number of hydrogen-bond donors (Lipinski definition) is 1. The molecule has 3 aliphatic rings. The number of fused-ring (bicyclic) bond motifs is 2. The van der Waals surface area contributed by atoms with Gasteiger partial charge in [-0.05, 0) is 55.1 Å². The maximum absolute atomic E-state index is 4.66. The molecule has 0 aromatic carbocycles. The van der Waals surface area contributed by atoms with Gasteiger partial charge >= 0.3 is 0 Å². The molecule has 3 rings (SSSR count). The van der Waals surface area contributed by atoms with Gasteiger partial charge in [0.2, 0.25) is 0 Å². The average molecular weight is 253 g/mol. The topological polar surface area (TPSA) is 3.24 Å². The van der Waals surface area contributed by atoms with Crippen molar-refractivity contribution in [2.45, 2.75) is 51.4 Å². The molecule has 0 spiro atoms. The number of thiol groups is 1. The first kappa shape index (κ1) is 12.3. The largest absolute Gasteiger partial charge is 0.302 e. The SMILES string of the molecule is SCC1(CN2CC3CCCC(C3)C2)CCCC1. The van der Waals surface area contributed by atoms with Crippen molar-refractivity contribution >= 4 is 12.6 Å². The Kier molecular flexibility index (Phi) is 3.72. The van der Waals surface area contributed by atoms with Crippen molar-refractivity contribution in [3.8, 4) is 0 Å². The Hall–Kier alpha value is 0.310. The molecule has 0 aromatic rings. The van der Waals surface area contributed by atoms with Crippen molar-refractivity contribution < 1.29 is 0 Å². The van der Waals surface area contributed by atoms with Crippen molar-refractivity contribution in [1.29, 1.82) is 0 Å². The van der Waals surface area contributed by atoms with Gasteiger partial charge in [0.1, 0.15) is 0 Å². The zero-order chi connectivity index (χ0) is 11.7. The van der Waals surface area contributed by atoms with Crippen LogP contribution in [0.25, 0.3) is 0 Å². The molecule has 1 heterocycles. The zero-order valence-electron chi connectivity index (χ0n) is 11.0. The molecule has 2 aliphatic carbocycles. The lowest BCUT2D eigenvalue weighted by Gasteiger charge is -2.44. The zero-order valence-corrected chi connectivity index (χ0v) is 11.9. The third-order valence-corrected chi connectivity index (χ3v) is 6.15. The van der Waals surface area contributed by atoms with Crippen LogP contribution in [0.2, 0.25) is 0 Å². The van der Waals surface area contributed by atoms with Crippen LogP contribution < -0.4 is 0 Å². The molecule has 2 atom stereocenters. The smallest absolute Gasteiger partial charge is 0.00460 e. The summed E-state index contributed by atoms with van der Waals surface area (Å²) in [6.45, 7) is 4.14. The van der Waals surface area contributed by atoms with E-state index in [2.05, 4.69) is 17.5 Å². The van der Waals surface area contributed by atoms with Crippen LogP contribution in [-0.2, 0) is 0 Å². The summed E-state index contributed by atoms with van der Waals surface area (Å²) < 4.78 is 0. The van der Waals surface area contributed by atoms with Gasteiger partial charge in [-0.25, -0.2) is 0 Å². The molecule has 17 heavy (non-hydrogen) atoms. The second kappa shape index (κ2) is 5.13. The van der Waals surface area contributed by atoms with Crippen LogP contribution in [-0.4, -0.2) is 30.3 Å². The van der Waals surface area contributed by atoms with Crippen molar-refractivity contribution in [3.63, 3.8) is 0 Å². The lowest BCUT2D eigenvalue weighted by atomic mass is 9.77. The second-order valence-electron chi connectivity index (χ2n) is 6.96. The molecule has 0 amide bonds. The van der Waals surface area contributed by atoms with Gasteiger partial charge in [-0.1, -0.05) is 19.3 Å². The first-order valence-corrected chi connectivity index (χ1v) is 8.26. The van der Waals surface area contributed by atoms with Gasteiger partial charge in [0, 0.05) is 19.6 Å². The number of hydrogen-bond acceptors (Lipinski definition) is 2. The Morgan fingerprint density at radius 2 is 1.65 bits per heavy atom. The third-order valence-electron chi connectivity index (χ3n) is 5.48. The van der Waals surface area contributed by atoms with E-state index in [1.54, 1.807) is 0 Å². The van der Waals surface area contributed by atoms with E-state index in [9.17, 15) is 0 Å². The van der Waals surface area contributed by atoms with Gasteiger partial charge in [-0.3, -0.25) is 0 Å². The standard InChI is InChI=1S/C15H27NS/c17-12-15(6-1-2-7-15)11-16-9-13-4-3-5-14(8-13)10-16/h13-14,17H,1-12H2. The Morgan fingerprint density at radius 1 is 1.00 bits per heavy atom. The molecule has 0 N–H and O–H groups in total. The van der Waals surface area contributed by atoms with E-state index in [0.29, 0.717) is 5.41 Å². The number of nitrogens with zero attached hydrogens (tertiary/aromatic N) is 1. The van der Waals surface area contributed by atoms with E-state index in [1.807, 2.05) is 0 Å². The summed E-state index contributed by atoms with van der Waals surface area (Å²) in [5.41, 5.74) is 0.578.